The van der Waals surface area contributed by atoms with E-state index in [4.69, 9.17) is 27.8 Å². The van der Waals surface area contributed by atoms with Crippen LogP contribution in [0.15, 0.2) is 60.7 Å². The summed E-state index contributed by atoms with van der Waals surface area (Å²) in [6, 6.07) is 6.93. The minimum absolute atomic E-state index is 0.414. The fraction of sp³-hybridized carbons (Fsp3) is 0. The van der Waals surface area contributed by atoms with Crippen LogP contribution in [0.4, 0.5) is 0 Å². The van der Waals surface area contributed by atoms with Gasteiger partial charge in [-0.2, -0.15) is 0 Å². The average Bonchev–Trinajstić information content (AvgIpc) is 2.30. The molecule has 4 N–H and O–H groups in total. The Morgan fingerprint density at radius 2 is 1.94 bits per heavy atom. The number of rotatable bonds is 4. The van der Waals surface area contributed by atoms with Crippen LogP contribution in [0.1, 0.15) is 0 Å². The molecule has 16 heavy (non-hydrogen) atoms. The SMILES string of the molecule is C=C/C(N)=C(\C=C/N)Oc1ccc(Cl)cc1. The fourth-order valence-electron chi connectivity index (χ4n) is 1.01. The van der Waals surface area contributed by atoms with Crippen LogP contribution >= 0.6 is 11.6 Å². The smallest absolute Gasteiger partial charge is 0.151 e. The van der Waals surface area contributed by atoms with Crippen LogP contribution in [-0.2, 0) is 0 Å². The number of allylic oxidation sites excluding steroid dienone is 2. The Morgan fingerprint density at radius 3 is 2.44 bits per heavy atom. The molecule has 0 heterocycles. The van der Waals surface area contributed by atoms with Crippen molar-refractivity contribution in [2.75, 3.05) is 0 Å². The van der Waals surface area contributed by atoms with E-state index in [0.29, 0.717) is 22.2 Å². The highest BCUT2D eigenvalue weighted by Crippen LogP contribution is 2.18. The minimum atomic E-state index is 0.414. The molecule has 0 aromatic heterocycles. The maximum absolute atomic E-state index is 5.76. The molecule has 0 saturated carbocycles. The Labute approximate surface area is 99.6 Å². The zero-order valence-corrected chi connectivity index (χ0v) is 9.45. The zero-order valence-electron chi connectivity index (χ0n) is 8.69. The molecule has 0 aliphatic rings. The third kappa shape index (κ3) is 3.37. The maximum atomic E-state index is 5.76. The van der Waals surface area contributed by atoms with Gasteiger partial charge in [0.25, 0.3) is 0 Å². The molecule has 0 spiro atoms. The highest BCUT2D eigenvalue weighted by Gasteiger charge is 2.01. The lowest BCUT2D eigenvalue weighted by atomic mass is 10.3. The molecule has 0 aliphatic carbocycles. The normalized spacial score (nSPS) is 12.3. The molecule has 0 amide bonds. The van der Waals surface area contributed by atoms with Gasteiger partial charge in [0.2, 0.25) is 0 Å². The van der Waals surface area contributed by atoms with Gasteiger partial charge in [0.1, 0.15) is 5.75 Å². The summed E-state index contributed by atoms with van der Waals surface area (Å²) in [5.41, 5.74) is 11.4. The van der Waals surface area contributed by atoms with Gasteiger partial charge in [-0.1, -0.05) is 18.2 Å². The Bertz CT molecular complexity index is 421. The topological polar surface area (TPSA) is 61.3 Å². The van der Waals surface area contributed by atoms with Gasteiger partial charge >= 0.3 is 0 Å². The second kappa shape index (κ2) is 5.88. The Hall–Kier alpha value is -1.87. The average molecular weight is 237 g/mol. The molecule has 0 bridgehead atoms. The monoisotopic (exact) mass is 236 g/mol. The molecule has 0 radical (unpaired) electrons. The number of benzene rings is 1. The van der Waals surface area contributed by atoms with Crippen molar-refractivity contribution in [2.45, 2.75) is 0 Å². The molecule has 84 valence electrons. The predicted molar refractivity (Wildman–Crippen MR) is 66.8 cm³/mol. The van der Waals surface area contributed by atoms with Crippen LogP contribution < -0.4 is 16.2 Å². The van der Waals surface area contributed by atoms with Gasteiger partial charge in [0, 0.05) is 5.02 Å². The van der Waals surface area contributed by atoms with Crippen LogP contribution in [0.5, 0.6) is 5.75 Å². The van der Waals surface area contributed by atoms with Crippen molar-refractivity contribution in [2.24, 2.45) is 11.5 Å². The summed E-state index contributed by atoms with van der Waals surface area (Å²) >= 11 is 5.76. The maximum Gasteiger partial charge on any atom is 0.151 e. The second-order valence-corrected chi connectivity index (χ2v) is 3.38. The second-order valence-electron chi connectivity index (χ2n) is 2.94. The van der Waals surface area contributed by atoms with E-state index in [1.807, 2.05) is 0 Å². The standard InChI is InChI=1S/C12H13ClN2O/c1-2-11(15)12(7-8-14)16-10-5-3-9(13)4-6-10/h2-8H,1,14-15H2/b8-7-,12-11-. The Balaban J connectivity index is 2.92. The van der Waals surface area contributed by atoms with E-state index in [-0.39, 0.29) is 0 Å². The van der Waals surface area contributed by atoms with Crippen molar-refractivity contribution in [3.63, 3.8) is 0 Å². The van der Waals surface area contributed by atoms with Crippen molar-refractivity contribution in [1.82, 2.24) is 0 Å². The van der Waals surface area contributed by atoms with Crippen molar-refractivity contribution in [3.05, 3.63) is 65.7 Å². The van der Waals surface area contributed by atoms with E-state index in [2.05, 4.69) is 6.58 Å². The van der Waals surface area contributed by atoms with Crippen LogP contribution in [0.3, 0.4) is 0 Å². The zero-order chi connectivity index (χ0) is 12.0. The summed E-state index contributed by atoms with van der Waals surface area (Å²) < 4.78 is 5.52. The highest BCUT2D eigenvalue weighted by molar-refractivity contribution is 6.30. The molecule has 1 aromatic rings. The lowest BCUT2D eigenvalue weighted by Crippen LogP contribution is -2.04. The molecule has 1 aromatic carbocycles. The number of hydrogen-bond acceptors (Lipinski definition) is 3. The van der Waals surface area contributed by atoms with Crippen LogP contribution in [-0.4, -0.2) is 0 Å². The van der Waals surface area contributed by atoms with Crippen molar-refractivity contribution in [3.8, 4) is 5.75 Å². The first-order valence-electron chi connectivity index (χ1n) is 4.61. The Kier molecular flexibility index (Phi) is 4.48. The van der Waals surface area contributed by atoms with Gasteiger partial charge in [0.05, 0.1) is 5.70 Å². The van der Waals surface area contributed by atoms with Crippen LogP contribution in [0.2, 0.25) is 5.02 Å². The van der Waals surface area contributed by atoms with Gasteiger partial charge in [-0.3, -0.25) is 0 Å². The van der Waals surface area contributed by atoms with E-state index >= 15 is 0 Å². The van der Waals surface area contributed by atoms with Gasteiger partial charge in [-0.25, -0.2) is 0 Å². The molecule has 0 aliphatic heterocycles. The van der Waals surface area contributed by atoms with E-state index in [0.717, 1.165) is 0 Å². The first kappa shape index (κ1) is 12.2. The van der Waals surface area contributed by atoms with Gasteiger partial charge in [-0.05, 0) is 42.6 Å². The summed E-state index contributed by atoms with van der Waals surface area (Å²) in [5, 5.41) is 0.643. The molecule has 0 atom stereocenters. The molecule has 0 fully saturated rings. The van der Waals surface area contributed by atoms with Gasteiger partial charge in [0.15, 0.2) is 5.76 Å². The summed E-state index contributed by atoms with van der Waals surface area (Å²) in [7, 11) is 0. The predicted octanol–water partition coefficient (Wildman–Crippen LogP) is 2.55. The third-order valence-corrected chi connectivity index (χ3v) is 2.05. The first-order valence-corrected chi connectivity index (χ1v) is 4.99. The fourth-order valence-corrected chi connectivity index (χ4v) is 1.13. The number of ether oxygens (including phenoxy) is 1. The van der Waals surface area contributed by atoms with Crippen molar-refractivity contribution >= 4 is 11.6 Å². The summed E-state index contributed by atoms with van der Waals surface area (Å²) in [5.74, 6) is 1.07. The molecule has 3 nitrogen and oxygen atoms in total. The quantitative estimate of drug-likeness (QED) is 0.624. The van der Waals surface area contributed by atoms with Crippen LogP contribution in [0, 0.1) is 0 Å². The molecule has 0 saturated heterocycles. The molecular weight excluding hydrogens is 224 g/mol. The van der Waals surface area contributed by atoms with Crippen molar-refractivity contribution < 1.29 is 4.74 Å². The minimum Gasteiger partial charge on any atom is -0.455 e. The molecule has 1 rings (SSSR count). The number of hydrogen-bond donors (Lipinski definition) is 2. The van der Waals surface area contributed by atoms with E-state index in [1.54, 1.807) is 30.3 Å². The lowest BCUT2D eigenvalue weighted by Gasteiger charge is -2.08. The van der Waals surface area contributed by atoms with E-state index < -0.39 is 0 Å². The van der Waals surface area contributed by atoms with E-state index in [9.17, 15) is 0 Å². The summed E-state index contributed by atoms with van der Waals surface area (Å²) in [6.45, 7) is 3.56. The summed E-state index contributed by atoms with van der Waals surface area (Å²) in [4.78, 5) is 0. The third-order valence-electron chi connectivity index (χ3n) is 1.79. The molecule has 0 unspecified atom stereocenters. The molecule has 4 heteroatoms. The highest BCUT2D eigenvalue weighted by atomic mass is 35.5. The van der Waals surface area contributed by atoms with Crippen molar-refractivity contribution in [1.29, 1.82) is 0 Å². The largest absolute Gasteiger partial charge is 0.455 e. The molecular formula is C12H13ClN2O. The van der Waals surface area contributed by atoms with Crippen LogP contribution in [0.25, 0.3) is 0 Å². The first-order chi connectivity index (χ1) is 7.67. The van der Waals surface area contributed by atoms with Gasteiger partial charge < -0.3 is 16.2 Å². The Morgan fingerprint density at radius 1 is 1.31 bits per heavy atom. The van der Waals surface area contributed by atoms with Gasteiger partial charge in [-0.15, -0.1) is 0 Å². The lowest BCUT2D eigenvalue weighted by molar-refractivity contribution is 0.439. The summed E-state index contributed by atoms with van der Waals surface area (Å²) in [6.07, 6.45) is 4.40. The van der Waals surface area contributed by atoms with E-state index in [1.165, 1.54) is 12.3 Å². The number of nitrogens with two attached hydrogens (primary N) is 2. The number of halogens is 1.